The fourth-order valence-electron chi connectivity index (χ4n) is 1.35. The lowest BCUT2D eigenvalue weighted by Crippen LogP contribution is -2.42. The predicted molar refractivity (Wildman–Crippen MR) is 60.6 cm³/mol. The van der Waals surface area contributed by atoms with Crippen molar-refractivity contribution in [1.29, 1.82) is 0 Å². The minimum atomic E-state index is -1.03. The number of aryl methyl sites for hydroxylation is 1. The van der Waals surface area contributed by atoms with Crippen molar-refractivity contribution in [3.8, 4) is 0 Å². The molecule has 0 aliphatic carbocycles. The number of nitrogens with zero attached hydrogens (tertiary/aromatic N) is 1. The molecule has 0 saturated heterocycles. The molecular weight excluding hydrogens is 224 g/mol. The Morgan fingerprint density at radius 1 is 1.47 bits per heavy atom. The van der Waals surface area contributed by atoms with Gasteiger partial charge in [0.25, 0.3) is 0 Å². The van der Waals surface area contributed by atoms with Crippen LogP contribution in [-0.2, 0) is 11.3 Å². The quantitative estimate of drug-likeness (QED) is 0.810. The van der Waals surface area contributed by atoms with E-state index in [1.54, 1.807) is 19.1 Å². The molecule has 0 radical (unpaired) electrons. The van der Waals surface area contributed by atoms with Gasteiger partial charge in [-0.3, -0.25) is 4.79 Å². The van der Waals surface area contributed by atoms with E-state index < -0.39 is 12.0 Å². The van der Waals surface area contributed by atoms with Crippen LogP contribution in [0.15, 0.2) is 16.5 Å². The minimum Gasteiger partial charge on any atom is -0.480 e. The number of furan rings is 1. The number of amides is 2. The summed E-state index contributed by atoms with van der Waals surface area (Å²) in [7, 11) is 0. The lowest BCUT2D eigenvalue weighted by atomic mass is 10.4. The van der Waals surface area contributed by atoms with Gasteiger partial charge < -0.3 is 19.7 Å². The number of aliphatic carboxylic acids is 1. The lowest BCUT2D eigenvalue weighted by molar-refractivity contribution is -0.137. The Morgan fingerprint density at radius 2 is 2.18 bits per heavy atom. The van der Waals surface area contributed by atoms with Crippen LogP contribution in [0, 0.1) is 6.92 Å². The first-order chi connectivity index (χ1) is 8.02. The summed E-state index contributed by atoms with van der Waals surface area (Å²) in [5.74, 6) is 0.380. The van der Waals surface area contributed by atoms with Gasteiger partial charge in [0, 0.05) is 6.54 Å². The molecule has 17 heavy (non-hydrogen) atoms. The van der Waals surface area contributed by atoms with Crippen LogP contribution in [0.3, 0.4) is 0 Å². The number of carbonyl (C=O) groups excluding carboxylic acids is 1. The highest BCUT2D eigenvalue weighted by molar-refractivity contribution is 5.79. The monoisotopic (exact) mass is 240 g/mol. The van der Waals surface area contributed by atoms with Gasteiger partial charge in [-0.25, -0.2) is 4.79 Å². The fourth-order valence-corrected chi connectivity index (χ4v) is 1.35. The zero-order valence-electron chi connectivity index (χ0n) is 9.90. The molecule has 0 unspecified atom stereocenters. The number of carboxylic acid groups (broad SMARTS) is 1. The summed E-state index contributed by atoms with van der Waals surface area (Å²) in [4.78, 5) is 23.3. The Balaban J connectivity index is 2.44. The Hall–Kier alpha value is -1.98. The zero-order chi connectivity index (χ0) is 12.8. The van der Waals surface area contributed by atoms with Gasteiger partial charge in [-0.05, 0) is 26.0 Å². The van der Waals surface area contributed by atoms with Crippen LogP contribution in [0.2, 0.25) is 0 Å². The number of nitrogens with one attached hydrogen (secondary N) is 1. The molecule has 0 aliphatic rings. The van der Waals surface area contributed by atoms with Gasteiger partial charge >= 0.3 is 12.0 Å². The molecule has 1 aromatic rings. The van der Waals surface area contributed by atoms with Crippen LogP contribution in [0.5, 0.6) is 0 Å². The smallest absolute Gasteiger partial charge is 0.323 e. The molecule has 1 rings (SSSR count). The molecule has 0 atom stereocenters. The summed E-state index contributed by atoms with van der Waals surface area (Å²) in [5.41, 5.74) is 0. The molecule has 2 amide bonds. The van der Waals surface area contributed by atoms with E-state index in [1.807, 2.05) is 6.92 Å². The van der Waals surface area contributed by atoms with Crippen LogP contribution in [0.4, 0.5) is 4.79 Å². The predicted octanol–water partition coefficient (Wildman–Crippen LogP) is 1.20. The van der Waals surface area contributed by atoms with Gasteiger partial charge in [0.05, 0.1) is 6.54 Å². The van der Waals surface area contributed by atoms with Gasteiger partial charge in [-0.2, -0.15) is 0 Å². The molecule has 0 aromatic carbocycles. The molecule has 2 N–H and O–H groups in total. The average Bonchev–Trinajstić information content (AvgIpc) is 2.68. The van der Waals surface area contributed by atoms with Gasteiger partial charge in [-0.15, -0.1) is 0 Å². The first-order valence-corrected chi connectivity index (χ1v) is 5.32. The van der Waals surface area contributed by atoms with Crippen LogP contribution >= 0.6 is 0 Å². The number of hydrogen-bond acceptors (Lipinski definition) is 3. The number of hydrogen-bond donors (Lipinski definition) is 2. The third kappa shape index (κ3) is 4.18. The van der Waals surface area contributed by atoms with E-state index in [-0.39, 0.29) is 13.1 Å². The second kappa shape index (κ2) is 5.93. The van der Waals surface area contributed by atoms with Gasteiger partial charge in [-0.1, -0.05) is 0 Å². The largest absolute Gasteiger partial charge is 0.480 e. The maximum atomic E-state index is 11.6. The summed E-state index contributed by atoms with van der Waals surface area (Å²) in [6.45, 7) is 3.82. The molecular formula is C11H16N2O4. The Kier molecular flexibility index (Phi) is 4.56. The standard InChI is InChI=1S/C11H16N2O4/c1-3-13(7-10(14)15)11(16)12-6-9-5-4-8(2)17-9/h4-5H,3,6-7H2,1-2H3,(H,12,16)(H,14,15). The van der Waals surface area contributed by atoms with Crippen LogP contribution in [0.25, 0.3) is 0 Å². The second-order valence-electron chi connectivity index (χ2n) is 3.58. The lowest BCUT2D eigenvalue weighted by Gasteiger charge is -2.18. The maximum absolute atomic E-state index is 11.6. The number of urea groups is 1. The third-order valence-electron chi connectivity index (χ3n) is 2.20. The van der Waals surface area contributed by atoms with Crippen LogP contribution in [-0.4, -0.2) is 35.1 Å². The van der Waals surface area contributed by atoms with Crippen molar-refractivity contribution in [2.24, 2.45) is 0 Å². The highest BCUT2D eigenvalue weighted by atomic mass is 16.4. The van der Waals surface area contributed by atoms with Crippen molar-refractivity contribution >= 4 is 12.0 Å². The highest BCUT2D eigenvalue weighted by Crippen LogP contribution is 2.05. The molecule has 1 aromatic heterocycles. The molecule has 94 valence electrons. The summed E-state index contributed by atoms with van der Waals surface area (Å²) in [6, 6.07) is 3.16. The van der Waals surface area contributed by atoms with E-state index >= 15 is 0 Å². The van der Waals surface area contributed by atoms with Crippen LogP contribution in [0.1, 0.15) is 18.4 Å². The summed E-state index contributed by atoms with van der Waals surface area (Å²) < 4.78 is 5.28. The molecule has 0 aliphatic heterocycles. The van der Waals surface area contributed by atoms with Crippen molar-refractivity contribution in [3.05, 3.63) is 23.7 Å². The second-order valence-corrected chi connectivity index (χ2v) is 3.58. The summed E-state index contributed by atoms with van der Waals surface area (Å²) in [5, 5.41) is 11.2. The van der Waals surface area contributed by atoms with Crippen molar-refractivity contribution in [2.75, 3.05) is 13.1 Å². The molecule has 1 heterocycles. The van der Waals surface area contributed by atoms with Crippen molar-refractivity contribution in [2.45, 2.75) is 20.4 Å². The molecule has 0 bridgehead atoms. The molecule has 0 fully saturated rings. The number of likely N-dealkylation sites (N-methyl/N-ethyl adjacent to an activating group) is 1. The van der Waals surface area contributed by atoms with E-state index in [2.05, 4.69) is 5.32 Å². The van der Waals surface area contributed by atoms with Gasteiger partial charge in [0.15, 0.2) is 0 Å². The summed E-state index contributed by atoms with van der Waals surface area (Å²) in [6.07, 6.45) is 0. The van der Waals surface area contributed by atoms with E-state index in [1.165, 1.54) is 4.90 Å². The number of carboxylic acids is 1. The third-order valence-corrected chi connectivity index (χ3v) is 2.20. The zero-order valence-corrected chi connectivity index (χ0v) is 9.90. The van der Waals surface area contributed by atoms with Crippen LogP contribution < -0.4 is 5.32 Å². The first-order valence-electron chi connectivity index (χ1n) is 5.32. The Labute approximate surface area is 99.2 Å². The van der Waals surface area contributed by atoms with E-state index in [0.717, 1.165) is 5.76 Å². The van der Waals surface area contributed by atoms with Gasteiger partial charge in [0.1, 0.15) is 18.1 Å². The molecule has 0 saturated carbocycles. The SMILES string of the molecule is CCN(CC(=O)O)C(=O)NCc1ccc(C)o1. The minimum absolute atomic E-state index is 0.253. The topological polar surface area (TPSA) is 82.8 Å². The molecule has 0 spiro atoms. The van der Waals surface area contributed by atoms with E-state index in [0.29, 0.717) is 12.3 Å². The van der Waals surface area contributed by atoms with E-state index in [9.17, 15) is 9.59 Å². The highest BCUT2D eigenvalue weighted by Gasteiger charge is 2.14. The fraction of sp³-hybridized carbons (Fsp3) is 0.455. The van der Waals surface area contributed by atoms with E-state index in [4.69, 9.17) is 9.52 Å². The van der Waals surface area contributed by atoms with Crippen molar-refractivity contribution in [3.63, 3.8) is 0 Å². The molecule has 6 nitrogen and oxygen atoms in total. The molecule has 6 heteroatoms. The van der Waals surface area contributed by atoms with Crippen molar-refractivity contribution in [1.82, 2.24) is 10.2 Å². The Morgan fingerprint density at radius 3 is 2.65 bits per heavy atom. The number of carbonyl (C=O) groups is 2. The summed E-state index contributed by atoms with van der Waals surface area (Å²) >= 11 is 0. The normalized spacial score (nSPS) is 10.0. The maximum Gasteiger partial charge on any atom is 0.323 e. The average molecular weight is 240 g/mol. The Bertz CT molecular complexity index is 400. The van der Waals surface area contributed by atoms with Crippen molar-refractivity contribution < 1.29 is 19.1 Å². The van der Waals surface area contributed by atoms with Gasteiger partial charge in [0.2, 0.25) is 0 Å². The number of rotatable bonds is 5. The first kappa shape index (κ1) is 13.1.